The number of unbranched alkanes of at least 4 members (excludes halogenated alkanes) is 34. The Hall–Kier alpha value is 0.310. The Labute approximate surface area is 254 Å². The van der Waals surface area contributed by atoms with Crippen molar-refractivity contribution in [1.29, 1.82) is 0 Å². The second kappa shape index (κ2) is 38.3. The smallest absolute Gasteiger partial charge is 0.00773 e. The molecular formula is C37H77NS. The lowest BCUT2D eigenvalue weighted by molar-refractivity contribution is 0.511. The Bertz CT molecular complexity index is 363. The molecule has 0 aliphatic heterocycles. The van der Waals surface area contributed by atoms with Crippen molar-refractivity contribution in [3.8, 4) is 0 Å². The predicted molar refractivity (Wildman–Crippen MR) is 185 cm³/mol. The van der Waals surface area contributed by atoms with Crippen LogP contribution in [0.5, 0.6) is 0 Å². The van der Waals surface area contributed by atoms with E-state index in [4.69, 9.17) is 5.73 Å². The molecule has 0 fully saturated rings. The van der Waals surface area contributed by atoms with Crippen LogP contribution in [0.2, 0.25) is 0 Å². The van der Waals surface area contributed by atoms with E-state index >= 15 is 0 Å². The number of hydrogen-bond acceptors (Lipinski definition) is 2. The Morgan fingerprint density at radius 2 is 0.333 bits per heavy atom. The van der Waals surface area contributed by atoms with Crippen LogP contribution in [0.1, 0.15) is 225 Å². The Balaban J connectivity index is 3.01. The van der Waals surface area contributed by atoms with Gasteiger partial charge in [0.05, 0.1) is 0 Å². The summed E-state index contributed by atoms with van der Waals surface area (Å²) in [5.74, 6) is 1.07. The van der Waals surface area contributed by atoms with Gasteiger partial charge in [0.15, 0.2) is 0 Å². The summed E-state index contributed by atoms with van der Waals surface area (Å²) in [6.45, 7) is 0.874. The second-order valence-electron chi connectivity index (χ2n) is 12.9. The van der Waals surface area contributed by atoms with E-state index in [0.717, 1.165) is 12.3 Å². The summed E-state index contributed by atoms with van der Waals surface area (Å²) < 4.78 is 0. The van der Waals surface area contributed by atoms with Crippen molar-refractivity contribution < 1.29 is 0 Å². The molecule has 236 valence electrons. The molecule has 0 saturated carbocycles. The zero-order valence-corrected chi connectivity index (χ0v) is 28.1. The van der Waals surface area contributed by atoms with Gasteiger partial charge in [-0.15, -0.1) is 0 Å². The molecule has 0 aromatic heterocycles. The molecule has 0 aliphatic carbocycles. The fourth-order valence-corrected chi connectivity index (χ4v) is 6.31. The van der Waals surface area contributed by atoms with Crippen molar-refractivity contribution in [1.82, 2.24) is 0 Å². The van der Waals surface area contributed by atoms with Crippen molar-refractivity contribution in [2.45, 2.75) is 225 Å². The van der Waals surface area contributed by atoms with E-state index in [1.807, 2.05) is 0 Å². The van der Waals surface area contributed by atoms with Crippen LogP contribution < -0.4 is 5.73 Å². The van der Waals surface area contributed by atoms with Crippen molar-refractivity contribution in [2.75, 3.05) is 12.3 Å². The molecule has 0 rings (SSSR count). The topological polar surface area (TPSA) is 26.0 Å². The number of thiol groups is 1. The first kappa shape index (κ1) is 39.3. The van der Waals surface area contributed by atoms with Gasteiger partial charge >= 0.3 is 0 Å². The van der Waals surface area contributed by atoms with E-state index < -0.39 is 0 Å². The SMILES string of the molecule is NCCCCCCCCCCCCCCCCCCCCCCCCCCCCCCCCCCCCCS. The summed E-state index contributed by atoms with van der Waals surface area (Å²) in [7, 11) is 0. The average Bonchev–Trinajstić information content (AvgIpc) is 2.95. The molecule has 0 atom stereocenters. The third-order valence-corrected chi connectivity index (χ3v) is 9.18. The van der Waals surface area contributed by atoms with E-state index in [1.165, 1.54) is 225 Å². The molecule has 0 spiro atoms. The molecule has 0 radical (unpaired) electrons. The molecule has 0 bridgehead atoms. The molecule has 2 N–H and O–H groups in total. The van der Waals surface area contributed by atoms with Gasteiger partial charge in [-0.05, 0) is 25.1 Å². The van der Waals surface area contributed by atoms with Gasteiger partial charge in [0.1, 0.15) is 0 Å². The van der Waals surface area contributed by atoms with Gasteiger partial charge < -0.3 is 5.73 Å². The zero-order chi connectivity index (χ0) is 28.2. The summed E-state index contributed by atoms with van der Waals surface area (Å²) in [5.41, 5.74) is 5.55. The zero-order valence-electron chi connectivity index (χ0n) is 27.2. The number of rotatable bonds is 36. The molecule has 2 heteroatoms. The molecule has 0 heterocycles. The highest BCUT2D eigenvalue weighted by molar-refractivity contribution is 7.80. The minimum atomic E-state index is 0.874. The fourth-order valence-electron chi connectivity index (χ4n) is 6.09. The number of nitrogens with two attached hydrogens (primary N) is 1. The van der Waals surface area contributed by atoms with Crippen molar-refractivity contribution >= 4 is 12.6 Å². The van der Waals surface area contributed by atoms with Crippen LogP contribution in [0.3, 0.4) is 0 Å². The Morgan fingerprint density at radius 3 is 0.462 bits per heavy atom. The van der Waals surface area contributed by atoms with Crippen molar-refractivity contribution in [3.05, 3.63) is 0 Å². The molecule has 1 nitrogen and oxygen atoms in total. The monoisotopic (exact) mass is 568 g/mol. The van der Waals surface area contributed by atoms with Crippen molar-refractivity contribution in [2.24, 2.45) is 5.73 Å². The van der Waals surface area contributed by atoms with Crippen LogP contribution in [0.4, 0.5) is 0 Å². The fraction of sp³-hybridized carbons (Fsp3) is 1.00. The van der Waals surface area contributed by atoms with Crippen LogP contribution in [-0.4, -0.2) is 12.3 Å². The lowest BCUT2D eigenvalue weighted by atomic mass is 10.0. The predicted octanol–water partition coefficient (Wildman–Crippen LogP) is 13.5. The second-order valence-corrected chi connectivity index (χ2v) is 13.3. The maximum atomic E-state index is 5.55. The van der Waals surface area contributed by atoms with Gasteiger partial charge in [0.2, 0.25) is 0 Å². The van der Waals surface area contributed by atoms with E-state index in [0.29, 0.717) is 0 Å². The molecule has 0 unspecified atom stereocenters. The normalized spacial score (nSPS) is 11.5. The lowest BCUT2D eigenvalue weighted by Crippen LogP contribution is -1.97. The first-order valence-electron chi connectivity index (χ1n) is 18.7. The third kappa shape index (κ3) is 38.3. The highest BCUT2D eigenvalue weighted by Gasteiger charge is 1.97. The maximum absolute atomic E-state index is 5.55. The number of hydrogen-bond donors (Lipinski definition) is 2. The summed E-state index contributed by atoms with van der Waals surface area (Å²) in [4.78, 5) is 0. The summed E-state index contributed by atoms with van der Waals surface area (Å²) in [6, 6.07) is 0. The van der Waals surface area contributed by atoms with E-state index in [1.54, 1.807) is 0 Å². The van der Waals surface area contributed by atoms with Gasteiger partial charge in [0, 0.05) is 0 Å². The molecule has 0 saturated heterocycles. The Morgan fingerprint density at radius 1 is 0.205 bits per heavy atom. The van der Waals surface area contributed by atoms with Gasteiger partial charge in [0.25, 0.3) is 0 Å². The summed E-state index contributed by atoms with van der Waals surface area (Å²) >= 11 is 4.29. The highest BCUT2D eigenvalue weighted by atomic mass is 32.1. The average molecular weight is 568 g/mol. The molecular weight excluding hydrogens is 490 g/mol. The lowest BCUT2D eigenvalue weighted by Gasteiger charge is -2.05. The first-order chi connectivity index (χ1) is 19.4. The van der Waals surface area contributed by atoms with E-state index in [-0.39, 0.29) is 0 Å². The maximum Gasteiger partial charge on any atom is -0.00773 e. The Kier molecular flexibility index (Phi) is 38.6. The van der Waals surface area contributed by atoms with E-state index in [2.05, 4.69) is 12.6 Å². The summed E-state index contributed by atoms with van der Waals surface area (Å²) in [6.07, 6.45) is 50.9. The first-order valence-corrected chi connectivity index (χ1v) is 19.4. The van der Waals surface area contributed by atoms with Crippen LogP contribution >= 0.6 is 12.6 Å². The molecule has 0 amide bonds. The largest absolute Gasteiger partial charge is 0.330 e. The third-order valence-electron chi connectivity index (χ3n) is 8.86. The van der Waals surface area contributed by atoms with Gasteiger partial charge in [-0.2, -0.15) is 12.6 Å². The highest BCUT2D eigenvalue weighted by Crippen LogP contribution is 2.17. The minimum Gasteiger partial charge on any atom is -0.330 e. The van der Waals surface area contributed by atoms with Crippen LogP contribution in [0.15, 0.2) is 0 Å². The van der Waals surface area contributed by atoms with E-state index in [9.17, 15) is 0 Å². The van der Waals surface area contributed by atoms with Gasteiger partial charge in [-0.25, -0.2) is 0 Å². The van der Waals surface area contributed by atoms with Crippen LogP contribution in [-0.2, 0) is 0 Å². The molecule has 0 aromatic carbocycles. The van der Waals surface area contributed by atoms with Gasteiger partial charge in [-0.1, -0.05) is 212 Å². The molecule has 0 aromatic rings. The van der Waals surface area contributed by atoms with Crippen LogP contribution in [0.25, 0.3) is 0 Å². The van der Waals surface area contributed by atoms with Crippen molar-refractivity contribution in [3.63, 3.8) is 0 Å². The molecule has 0 aliphatic rings. The standard InChI is InChI=1S/C37H77NS/c38-36-34-32-30-28-26-24-22-20-18-16-14-12-10-8-6-4-2-1-3-5-7-9-11-13-15-17-19-21-23-25-27-29-31-33-35-37-39/h39H,1-38H2. The molecule has 39 heavy (non-hydrogen) atoms. The minimum absolute atomic E-state index is 0.874. The quantitative estimate of drug-likeness (QED) is 0.0571. The van der Waals surface area contributed by atoms with Gasteiger partial charge in [-0.3, -0.25) is 0 Å². The summed E-state index contributed by atoms with van der Waals surface area (Å²) in [5, 5.41) is 0. The van der Waals surface area contributed by atoms with Crippen LogP contribution in [0, 0.1) is 0 Å².